The smallest absolute Gasteiger partial charge is 0.0420 e. The van der Waals surface area contributed by atoms with Gasteiger partial charge in [-0.15, -0.1) is 0 Å². The summed E-state index contributed by atoms with van der Waals surface area (Å²) in [6.45, 7) is 4.36. The maximum atomic E-state index is 3.53. The van der Waals surface area contributed by atoms with Crippen molar-refractivity contribution in [1.29, 1.82) is 0 Å². The molecule has 1 aromatic rings. The molecule has 0 fully saturated rings. The molecule has 0 saturated heterocycles. The van der Waals surface area contributed by atoms with Crippen LogP contribution in [0, 0.1) is 0 Å². The number of hydrogen-bond donors (Lipinski definition) is 1. The molecule has 1 nitrogen and oxygen atoms in total. The van der Waals surface area contributed by atoms with E-state index >= 15 is 0 Å². The predicted molar refractivity (Wildman–Crippen MR) is 73.5 cm³/mol. The van der Waals surface area contributed by atoms with Crippen LogP contribution in [0.25, 0.3) is 11.1 Å². The average Bonchev–Trinajstić information content (AvgIpc) is 2.96. The minimum Gasteiger partial charge on any atom is -0.355 e. The molecule has 1 heterocycles. The Morgan fingerprint density at radius 2 is 1.24 bits per heavy atom. The lowest BCUT2D eigenvalue weighted by molar-refractivity contribution is 1.19. The summed E-state index contributed by atoms with van der Waals surface area (Å²) < 4.78 is 0. The van der Waals surface area contributed by atoms with Gasteiger partial charge in [0.2, 0.25) is 0 Å². The molecular formula is C16H17N. The molecule has 0 atom stereocenters. The van der Waals surface area contributed by atoms with E-state index in [-0.39, 0.29) is 0 Å². The minimum atomic E-state index is 1.08. The summed E-state index contributed by atoms with van der Waals surface area (Å²) in [5.74, 6) is 0. The van der Waals surface area contributed by atoms with E-state index in [1.807, 2.05) is 0 Å². The average molecular weight is 223 g/mol. The molecule has 3 rings (SSSR count). The first-order valence-corrected chi connectivity index (χ1v) is 6.15. The summed E-state index contributed by atoms with van der Waals surface area (Å²) in [7, 11) is 0. The highest BCUT2D eigenvalue weighted by Gasteiger charge is 2.12. The molecule has 0 radical (unpaired) electrons. The lowest BCUT2D eigenvalue weighted by atomic mass is 10.1. The summed E-state index contributed by atoms with van der Waals surface area (Å²) in [5.41, 5.74) is 8.20. The molecule has 0 bridgehead atoms. The molecule has 1 N–H and O–H groups in total. The molecule has 0 spiro atoms. The summed E-state index contributed by atoms with van der Waals surface area (Å²) in [6.07, 6.45) is 11.0. The fourth-order valence-electron chi connectivity index (χ4n) is 2.46. The third kappa shape index (κ3) is 1.93. The molecular weight excluding hydrogens is 206 g/mol. The maximum Gasteiger partial charge on any atom is 0.0420 e. The van der Waals surface area contributed by atoms with Crippen LogP contribution in [0.5, 0.6) is 0 Å². The van der Waals surface area contributed by atoms with Crippen molar-refractivity contribution in [3.63, 3.8) is 0 Å². The van der Waals surface area contributed by atoms with E-state index in [1.165, 1.54) is 33.7 Å². The number of H-pyrrole nitrogens is 1. The van der Waals surface area contributed by atoms with Crippen LogP contribution in [0.2, 0.25) is 0 Å². The Labute approximate surface area is 102 Å². The number of aromatic amines is 1. The Bertz CT molecular complexity index is 526. The number of rotatable bonds is 2. The highest BCUT2D eigenvalue weighted by molar-refractivity contribution is 5.75. The zero-order valence-corrected chi connectivity index (χ0v) is 10.4. The van der Waals surface area contributed by atoms with Gasteiger partial charge in [-0.25, -0.2) is 0 Å². The van der Waals surface area contributed by atoms with Crippen molar-refractivity contribution in [3.05, 3.63) is 59.0 Å². The van der Waals surface area contributed by atoms with Gasteiger partial charge in [-0.2, -0.15) is 0 Å². The van der Waals surface area contributed by atoms with Crippen LogP contribution in [-0.2, 0) is 0 Å². The van der Waals surface area contributed by atoms with Gasteiger partial charge in [0.1, 0.15) is 0 Å². The number of allylic oxidation sites excluding steroid dienone is 8. The van der Waals surface area contributed by atoms with Gasteiger partial charge in [-0.05, 0) is 50.0 Å². The Balaban J connectivity index is 1.81. The van der Waals surface area contributed by atoms with Crippen molar-refractivity contribution in [3.8, 4) is 0 Å². The maximum absolute atomic E-state index is 3.53. The molecule has 1 heteroatoms. The largest absolute Gasteiger partial charge is 0.355 e. The van der Waals surface area contributed by atoms with E-state index in [0.29, 0.717) is 0 Å². The van der Waals surface area contributed by atoms with Crippen LogP contribution in [0.4, 0.5) is 0 Å². The van der Waals surface area contributed by atoms with Crippen LogP contribution >= 0.6 is 0 Å². The quantitative estimate of drug-likeness (QED) is 0.760. The zero-order valence-electron chi connectivity index (χ0n) is 10.4. The number of hydrogen-bond acceptors (Lipinski definition) is 0. The molecule has 17 heavy (non-hydrogen) atoms. The second-order valence-corrected chi connectivity index (χ2v) is 5.05. The lowest BCUT2D eigenvalue weighted by Gasteiger charge is -2.02. The zero-order chi connectivity index (χ0) is 11.8. The first-order valence-electron chi connectivity index (χ1n) is 6.15. The third-order valence-electron chi connectivity index (χ3n) is 3.45. The van der Waals surface area contributed by atoms with Crippen molar-refractivity contribution in [2.24, 2.45) is 0 Å². The second kappa shape index (κ2) is 3.92. The summed E-state index contributed by atoms with van der Waals surface area (Å²) in [6, 6.07) is 4.39. The van der Waals surface area contributed by atoms with Crippen molar-refractivity contribution >= 4 is 11.1 Å². The Kier molecular flexibility index (Phi) is 2.40. The molecule has 0 aromatic carbocycles. The predicted octanol–water partition coefficient (Wildman–Crippen LogP) is 4.48. The molecule has 0 unspecified atom stereocenters. The van der Waals surface area contributed by atoms with E-state index < -0.39 is 0 Å². The third-order valence-corrected chi connectivity index (χ3v) is 3.45. The van der Waals surface area contributed by atoms with E-state index in [2.05, 4.69) is 55.3 Å². The van der Waals surface area contributed by atoms with Gasteiger partial charge in [-0.1, -0.05) is 35.5 Å². The molecule has 86 valence electrons. The second-order valence-electron chi connectivity index (χ2n) is 5.05. The van der Waals surface area contributed by atoms with E-state index in [1.54, 1.807) is 0 Å². The van der Waals surface area contributed by atoms with Gasteiger partial charge in [-0.3, -0.25) is 0 Å². The molecule has 2 aliphatic carbocycles. The van der Waals surface area contributed by atoms with Crippen LogP contribution in [0.1, 0.15) is 38.1 Å². The fraction of sp³-hybridized carbons (Fsp3) is 0.250. The van der Waals surface area contributed by atoms with Gasteiger partial charge in [0, 0.05) is 11.4 Å². The van der Waals surface area contributed by atoms with Crippen molar-refractivity contribution < 1.29 is 0 Å². The molecule has 2 aliphatic rings. The highest BCUT2D eigenvalue weighted by Crippen LogP contribution is 2.31. The first kappa shape index (κ1) is 10.4. The van der Waals surface area contributed by atoms with Gasteiger partial charge in [0.15, 0.2) is 0 Å². The molecule has 1 aromatic heterocycles. The Morgan fingerprint density at radius 3 is 1.59 bits per heavy atom. The van der Waals surface area contributed by atoms with Crippen molar-refractivity contribution in [1.82, 2.24) is 4.98 Å². The van der Waals surface area contributed by atoms with Gasteiger partial charge in [0.25, 0.3) is 0 Å². The van der Waals surface area contributed by atoms with E-state index in [4.69, 9.17) is 0 Å². The van der Waals surface area contributed by atoms with Gasteiger partial charge >= 0.3 is 0 Å². The molecule has 0 aliphatic heterocycles. The first-order chi connectivity index (χ1) is 8.22. The summed E-state index contributed by atoms with van der Waals surface area (Å²) >= 11 is 0. The van der Waals surface area contributed by atoms with Gasteiger partial charge < -0.3 is 4.98 Å². The van der Waals surface area contributed by atoms with Crippen LogP contribution in [0.15, 0.2) is 47.6 Å². The summed E-state index contributed by atoms with van der Waals surface area (Å²) in [5, 5.41) is 0. The van der Waals surface area contributed by atoms with Crippen molar-refractivity contribution in [2.45, 2.75) is 26.7 Å². The van der Waals surface area contributed by atoms with Crippen LogP contribution < -0.4 is 0 Å². The van der Waals surface area contributed by atoms with Crippen LogP contribution in [-0.4, -0.2) is 4.98 Å². The topological polar surface area (TPSA) is 15.8 Å². The van der Waals surface area contributed by atoms with Gasteiger partial charge in [0.05, 0.1) is 0 Å². The Morgan fingerprint density at radius 1 is 0.765 bits per heavy atom. The van der Waals surface area contributed by atoms with E-state index in [0.717, 1.165) is 12.8 Å². The van der Waals surface area contributed by atoms with E-state index in [9.17, 15) is 0 Å². The standard InChI is InChI=1S/C16H17N/c1-11-3-5-13(9-11)15-7-8-16(17-15)14-6-4-12(2)10-14/h3-8,17H,9-10H2,1-2H3. The molecule has 0 saturated carbocycles. The SMILES string of the molecule is CC1=CC=C(c2ccc(C3=CC=C(C)C3)[nH]2)C1. The highest BCUT2D eigenvalue weighted by atomic mass is 14.7. The lowest BCUT2D eigenvalue weighted by Crippen LogP contribution is -1.86. The normalized spacial score (nSPS) is 18.9. The number of aromatic nitrogens is 1. The monoisotopic (exact) mass is 223 g/mol. The fourth-order valence-corrected chi connectivity index (χ4v) is 2.46. The Hall–Kier alpha value is -1.76. The minimum absolute atomic E-state index is 1.08. The number of nitrogens with one attached hydrogen (secondary N) is 1. The molecule has 0 amide bonds. The van der Waals surface area contributed by atoms with Crippen molar-refractivity contribution in [2.75, 3.05) is 0 Å². The van der Waals surface area contributed by atoms with Crippen LogP contribution in [0.3, 0.4) is 0 Å². The summed E-state index contributed by atoms with van der Waals surface area (Å²) in [4.78, 5) is 3.53.